The lowest BCUT2D eigenvalue weighted by molar-refractivity contribution is 0.152. The molecule has 12 heavy (non-hydrogen) atoms. The summed E-state index contributed by atoms with van der Waals surface area (Å²) < 4.78 is 25.0. The molecule has 0 aliphatic rings. The van der Waals surface area contributed by atoms with Crippen molar-refractivity contribution in [3.63, 3.8) is 0 Å². The number of hydrogen-bond donors (Lipinski definition) is 1. The van der Waals surface area contributed by atoms with Crippen LogP contribution in [0.4, 0.5) is 14.6 Å². The Kier molecular flexibility index (Phi) is 3.05. The molecule has 2 nitrogen and oxygen atoms in total. The lowest BCUT2D eigenvalue weighted by Gasteiger charge is -2.06. The zero-order chi connectivity index (χ0) is 9.30. The first kappa shape index (κ1) is 9.91. The van der Waals surface area contributed by atoms with E-state index in [-0.39, 0.29) is 16.4 Å². The number of rotatable bonds is 1. The van der Waals surface area contributed by atoms with Gasteiger partial charge in [0.25, 0.3) is 6.43 Å². The molecule has 1 heterocycles. The van der Waals surface area contributed by atoms with Crippen LogP contribution in [0.1, 0.15) is 12.0 Å². The van der Waals surface area contributed by atoms with E-state index in [1.807, 2.05) is 22.6 Å². The molecule has 0 amide bonds. The molecule has 1 aromatic heterocycles. The second-order valence-corrected chi connectivity index (χ2v) is 3.56. The first-order chi connectivity index (χ1) is 5.54. The van der Waals surface area contributed by atoms with Crippen LogP contribution in [-0.2, 0) is 0 Å². The molecule has 0 fully saturated rings. The average Bonchev–Trinajstić information content (AvgIpc) is 1.97. The van der Waals surface area contributed by atoms with Crippen molar-refractivity contribution in [1.29, 1.82) is 0 Å². The smallest absolute Gasteiger partial charge is 0.268 e. The number of alkyl halides is 2. The molecule has 0 aliphatic heterocycles. The Hall–Kier alpha value is -0.170. The summed E-state index contributed by atoms with van der Waals surface area (Å²) in [6.45, 7) is 0. The largest absolute Gasteiger partial charge is 0.383 e. The van der Waals surface area contributed by atoms with Crippen molar-refractivity contribution in [1.82, 2.24) is 4.98 Å². The maximum absolute atomic E-state index is 12.3. The van der Waals surface area contributed by atoms with E-state index in [4.69, 9.17) is 17.3 Å². The maximum atomic E-state index is 12.3. The van der Waals surface area contributed by atoms with Crippen LogP contribution in [-0.4, -0.2) is 4.98 Å². The molecule has 0 atom stereocenters. The second kappa shape index (κ2) is 3.69. The summed E-state index contributed by atoms with van der Waals surface area (Å²) in [4.78, 5) is 3.57. The van der Waals surface area contributed by atoms with Crippen LogP contribution in [0.3, 0.4) is 0 Å². The second-order valence-electron chi connectivity index (χ2n) is 2.02. The highest BCUT2D eigenvalue weighted by molar-refractivity contribution is 14.1. The number of pyridine rings is 1. The minimum atomic E-state index is -2.68. The Bertz CT molecular complexity index is 306. The van der Waals surface area contributed by atoms with Crippen LogP contribution < -0.4 is 5.73 Å². The van der Waals surface area contributed by atoms with Crippen molar-refractivity contribution in [2.24, 2.45) is 0 Å². The van der Waals surface area contributed by atoms with Gasteiger partial charge in [-0.25, -0.2) is 13.8 Å². The van der Waals surface area contributed by atoms with Crippen LogP contribution in [0, 0.1) is 3.57 Å². The molecule has 0 bridgehead atoms. The van der Waals surface area contributed by atoms with E-state index in [0.717, 1.165) is 0 Å². The molecule has 1 rings (SSSR count). The molecule has 0 unspecified atom stereocenters. The molecule has 0 saturated carbocycles. The number of nitrogens with two attached hydrogens (primary N) is 1. The number of hydrogen-bond acceptors (Lipinski definition) is 2. The highest BCUT2D eigenvalue weighted by atomic mass is 127. The van der Waals surface area contributed by atoms with Gasteiger partial charge in [0.05, 0.1) is 14.2 Å². The van der Waals surface area contributed by atoms with Gasteiger partial charge in [-0.05, 0) is 22.6 Å². The number of anilines is 1. The van der Waals surface area contributed by atoms with Crippen molar-refractivity contribution in [3.8, 4) is 0 Å². The van der Waals surface area contributed by atoms with Gasteiger partial charge in [0, 0.05) is 6.20 Å². The summed E-state index contributed by atoms with van der Waals surface area (Å²) >= 11 is 7.40. The van der Waals surface area contributed by atoms with Crippen molar-refractivity contribution < 1.29 is 8.78 Å². The standard InChI is InChI=1S/C6H4ClF2IN2/c7-4-2(10)1-12-6(11)3(4)5(8)9/h1,5H,(H2,11,12). The summed E-state index contributed by atoms with van der Waals surface area (Å²) in [6, 6.07) is 0. The number of aromatic nitrogens is 1. The minimum absolute atomic E-state index is 0.0156. The maximum Gasteiger partial charge on any atom is 0.268 e. The number of nitrogen functional groups attached to an aromatic ring is 1. The Morgan fingerprint density at radius 3 is 2.58 bits per heavy atom. The van der Waals surface area contributed by atoms with Crippen LogP contribution in [0.25, 0.3) is 0 Å². The van der Waals surface area contributed by atoms with Gasteiger partial charge in [-0.2, -0.15) is 0 Å². The summed E-state index contributed by atoms with van der Waals surface area (Å²) in [5, 5.41) is -0.0156. The molecular weight excluding hydrogens is 300 g/mol. The van der Waals surface area contributed by atoms with Crippen LogP contribution in [0.5, 0.6) is 0 Å². The summed E-state index contributed by atoms with van der Waals surface area (Å²) in [5.74, 6) is -0.213. The fourth-order valence-corrected chi connectivity index (χ4v) is 1.36. The lowest BCUT2D eigenvalue weighted by atomic mass is 10.2. The molecule has 1 aromatic rings. The van der Waals surface area contributed by atoms with E-state index in [0.29, 0.717) is 3.57 Å². The molecule has 0 aromatic carbocycles. The Morgan fingerprint density at radius 1 is 1.58 bits per heavy atom. The molecule has 0 aliphatic carbocycles. The average molecular weight is 304 g/mol. The lowest BCUT2D eigenvalue weighted by Crippen LogP contribution is -2.00. The third kappa shape index (κ3) is 1.77. The normalized spacial score (nSPS) is 10.8. The predicted molar refractivity (Wildman–Crippen MR) is 51.3 cm³/mol. The topological polar surface area (TPSA) is 38.9 Å². The van der Waals surface area contributed by atoms with Crippen LogP contribution in [0.2, 0.25) is 5.02 Å². The third-order valence-electron chi connectivity index (χ3n) is 1.26. The molecule has 2 N–H and O–H groups in total. The quantitative estimate of drug-likeness (QED) is 0.810. The van der Waals surface area contributed by atoms with Crippen LogP contribution in [0.15, 0.2) is 6.20 Å². The zero-order valence-corrected chi connectivity index (χ0v) is 8.60. The molecule has 0 radical (unpaired) electrons. The highest BCUT2D eigenvalue weighted by Gasteiger charge is 2.18. The minimum Gasteiger partial charge on any atom is -0.383 e. The van der Waals surface area contributed by atoms with Gasteiger partial charge in [-0.15, -0.1) is 0 Å². The highest BCUT2D eigenvalue weighted by Crippen LogP contribution is 2.33. The van der Waals surface area contributed by atoms with E-state index < -0.39 is 6.43 Å². The van der Waals surface area contributed by atoms with E-state index >= 15 is 0 Å². The third-order valence-corrected chi connectivity index (χ3v) is 2.80. The van der Waals surface area contributed by atoms with E-state index in [9.17, 15) is 8.78 Å². The predicted octanol–water partition coefficient (Wildman–Crippen LogP) is 2.86. The van der Waals surface area contributed by atoms with Gasteiger partial charge in [0.15, 0.2) is 0 Å². The Morgan fingerprint density at radius 2 is 2.17 bits per heavy atom. The first-order valence-corrected chi connectivity index (χ1v) is 4.37. The molecule has 0 saturated heterocycles. The van der Waals surface area contributed by atoms with Crippen molar-refractivity contribution in [2.45, 2.75) is 6.43 Å². The van der Waals surface area contributed by atoms with Crippen molar-refractivity contribution in [2.75, 3.05) is 5.73 Å². The zero-order valence-electron chi connectivity index (χ0n) is 5.69. The van der Waals surface area contributed by atoms with Gasteiger partial charge in [0.1, 0.15) is 5.82 Å². The number of nitrogens with zero attached hydrogens (tertiary/aromatic N) is 1. The van der Waals surface area contributed by atoms with Gasteiger partial charge in [0.2, 0.25) is 0 Å². The van der Waals surface area contributed by atoms with E-state index in [1.165, 1.54) is 6.20 Å². The van der Waals surface area contributed by atoms with Gasteiger partial charge >= 0.3 is 0 Å². The number of halogens is 4. The van der Waals surface area contributed by atoms with E-state index in [1.54, 1.807) is 0 Å². The monoisotopic (exact) mass is 304 g/mol. The molecule has 6 heteroatoms. The Labute approximate surface area is 86.3 Å². The van der Waals surface area contributed by atoms with Crippen molar-refractivity contribution >= 4 is 40.0 Å². The summed E-state index contributed by atoms with van der Waals surface area (Å²) in [7, 11) is 0. The van der Waals surface area contributed by atoms with Crippen molar-refractivity contribution in [3.05, 3.63) is 20.4 Å². The van der Waals surface area contributed by atoms with Gasteiger partial charge < -0.3 is 5.73 Å². The Balaban J connectivity index is 3.33. The fraction of sp³-hybridized carbons (Fsp3) is 0.167. The SMILES string of the molecule is Nc1ncc(I)c(Cl)c1C(F)F. The summed E-state index contributed by atoms with van der Waals surface area (Å²) in [5.41, 5.74) is 4.83. The fourth-order valence-electron chi connectivity index (χ4n) is 0.701. The first-order valence-electron chi connectivity index (χ1n) is 2.91. The summed E-state index contributed by atoms with van der Waals surface area (Å²) in [6.07, 6.45) is -1.33. The molecule has 66 valence electrons. The molecule has 0 spiro atoms. The van der Waals surface area contributed by atoms with E-state index in [2.05, 4.69) is 4.98 Å². The molecular formula is C6H4ClF2IN2. The van der Waals surface area contributed by atoms with Gasteiger partial charge in [-0.1, -0.05) is 11.6 Å². The van der Waals surface area contributed by atoms with Gasteiger partial charge in [-0.3, -0.25) is 0 Å². The van der Waals surface area contributed by atoms with Crippen LogP contribution >= 0.6 is 34.2 Å².